The van der Waals surface area contributed by atoms with E-state index >= 15 is 0 Å². The van der Waals surface area contributed by atoms with E-state index in [4.69, 9.17) is 5.73 Å². The first-order valence-electron chi connectivity index (χ1n) is 3.48. The summed E-state index contributed by atoms with van der Waals surface area (Å²) in [6.07, 6.45) is 0.565. The maximum absolute atomic E-state index is 10.8. The monoisotopic (exact) mass is 179 g/mol. The zero-order chi connectivity index (χ0) is 7.56. The summed E-state index contributed by atoms with van der Waals surface area (Å²) in [7, 11) is 0. The quantitative estimate of drug-likeness (QED) is 0.494. The van der Waals surface area contributed by atoms with Gasteiger partial charge in [0, 0.05) is 19.0 Å². The fourth-order valence-corrected chi connectivity index (χ4v) is 1.13. The highest BCUT2D eigenvalue weighted by atomic mass is 35.5. The van der Waals surface area contributed by atoms with Gasteiger partial charge in [-0.3, -0.25) is 10.1 Å². The van der Waals surface area contributed by atoms with Crippen molar-refractivity contribution in [3.05, 3.63) is 0 Å². The van der Waals surface area contributed by atoms with Crippen LogP contribution in [0.25, 0.3) is 0 Å². The van der Waals surface area contributed by atoms with Crippen molar-refractivity contribution in [2.45, 2.75) is 25.6 Å². The van der Waals surface area contributed by atoms with Crippen molar-refractivity contribution >= 4 is 18.3 Å². The van der Waals surface area contributed by atoms with Crippen LogP contribution in [-0.2, 0) is 4.79 Å². The second kappa shape index (κ2) is 4.54. The number of rotatable bonds is 1. The van der Waals surface area contributed by atoms with E-state index in [0.717, 1.165) is 0 Å². The Balaban J connectivity index is 0.000001000. The summed E-state index contributed by atoms with van der Waals surface area (Å²) in [5, 5.41) is 5.88. The number of nitrogens with two attached hydrogens (primary N) is 1. The lowest BCUT2D eigenvalue weighted by atomic mass is 10.1. The summed E-state index contributed by atoms with van der Waals surface area (Å²) in [6.45, 7) is 2.43. The van der Waals surface area contributed by atoms with Gasteiger partial charge in [0.25, 0.3) is 0 Å². The first-order chi connectivity index (χ1) is 4.72. The van der Waals surface area contributed by atoms with E-state index in [9.17, 15) is 4.79 Å². The average molecular weight is 180 g/mol. The van der Waals surface area contributed by atoms with Crippen LogP contribution in [0.1, 0.15) is 13.3 Å². The van der Waals surface area contributed by atoms with Crippen LogP contribution in [-0.4, -0.2) is 24.7 Å². The molecule has 0 aromatic heterocycles. The molecular formula is C6H14ClN3O. The van der Waals surface area contributed by atoms with Gasteiger partial charge in [-0.2, -0.15) is 0 Å². The molecule has 0 spiro atoms. The van der Waals surface area contributed by atoms with Crippen molar-refractivity contribution in [2.75, 3.05) is 6.54 Å². The Morgan fingerprint density at radius 3 is 2.82 bits per heavy atom. The molecule has 0 bridgehead atoms. The molecule has 2 atom stereocenters. The third-order valence-electron chi connectivity index (χ3n) is 1.58. The smallest absolute Gasteiger partial charge is 0.222 e. The van der Waals surface area contributed by atoms with Crippen LogP contribution >= 0.6 is 12.4 Å². The molecule has 1 heterocycles. The van der Waals surface area contributed by atoms with E-state index in [-0.39, 0.29) is 30.5 Å². The topological polar surface area (TPSA) is 67.2 Å². The van der Waals surface area contributed by atoms with Crippen molar-refractivity contribution in [3.8, 4) is 0 Å². The van der Waals surface area contributed by atoms with E-state index in [1.165, 1.54) is 0 Å². The van der Waals surface area contributed by atoms with Gasteiger partial charge in [0.2, 0.25) is 5.91 Å². The normalized spacial score (nSPS) is 30.5. The maximum Gasteiger partial charge on any atom is 0.222 e. The number of carbonyl (C=O) groups excluding carboxylic acids is 1. The van der Waals surface area contributed by atoms with E-state index in [2.05, 4.69) is 10.6 Å². The Morgan fingerprint density at radius 2 is 2.36 bits per heavy atom. The molecule has 1 fully saturated rings. The van der Waals surface area contributed by atoms with E-state index in [0.29, 0.717) is 13.0 Å². The highest BCUT2D eigenvalue weighted by Crippen LogP contribution is 1.97. The van der Waals surface area contributed by atoms with Crippen LogP contribution in [0, 0.1) is 0 Å². The van der Waals surface area contributed by atoms with Crippen LogP contribution < -0.4 is 16.4 Å². The Morgan fingerprint density at radius 1 is 1.73 bits per heavy atom. The van der Waals surface area contributed by atoms with Gasteiger partial charge >= 0.3 is 0 Å². The van der Waals surface area contributed by atoms with Gasteiger partial charge in [0.15, 0.2) is 0 Å². The van der Waals surface area contributed by atoms with Crippen LogP contribution in [0.15, 0.2) is 0 Å². The van der Waals surface area contributed by atoms with Gasteiger partial charge in [-0.15, -0.1) is 12.4 Å². The Hall–Kier alpha value is -0.320. The highest BCUT2D eigenvalue weighted by molar-refractivity contribution is 5.85. The number of amides is 1. The molecule has 5 heteroatoms. The molecule has 0 saturated carbocycles. The van der Waals surface area contributed by atoms with Crippen molar-refractivity contribution < 1.29 is 4.79 Å². The second-order valence-corrected chi connectivity index (χ2v) is 2.59. The molecule has 1 saturated heterocycles. The molecule has 0 radical (unpaired) electrons. The molecule has 4 N–H and O–H groups in total. The number of hydrogen-bond donors (Lipinski definition) is 3. The van der Waals surface area contributed by atoms with Gasteiger partial charge in [-0.1, -0.05) is 0 Å². The first kappa shape index (κ1) is 10.7. The number of carbonyl (C=O) groups is 1. The molecule has 1 rings (SSSR count). The molecule has 1 aliphatic heterocycles. The standard InChI is InChI=1S/C6H13N3O.ClH/c1-4-8-5(3-7)2-6(10)9-4;/h4-5,8H,2-3,7H2,1H3,(H,9,10);1H. The van der Waals surface area contributed by atoms with Gasteiger partial charge in [-0.25, -0.2) is 0 Å². The molecule has 66 valence electrons. The zero-order valence-electron chi connectivity index (χ0n) is 6.46. The summed E-state index contributed by atoms with van der Waals surface area (Å²) in [5.74, 6) is 0.0849. The third-order valence-corrected chi connectivity index (χ3v) is 1.58. The van der Waals surface area contributed by atoms with Gasteiger partial charge < -0.3 is 11.1 Å². The van der Waals surface area contributed by atoms with Gasteiger partial charge in [-0.05, 0) is 6.92 Å². The molecule has 0 aromatic carbocycles. The average Bonchev–Trinajstić information content (AvgIpc) is 1.85. The number of nitrogens with one attached hydrogen (secondary N) is 2. The first-order valence-corrected chi connectivity index (χ1v) is 3.48. The molecule has 2 unspecified atom stereocenters. The summed E-state index contributed by atoms with van der Waals surface area (Å²) in [6, 6.07) is 0.156. The van der Waals surface area contributed by atoms with Gasteiger partial charge in [0.05, 0.1) is 6.17 Å². The third kappa shape index (κ3) is 3.05. The van der Waals surface area contributed by atoms with Crippen LogP contribution in [0.3, 0.4) is 0 Å². The molecule has 1 amide bonds. The molecule has 0 aromatic rings. The molecule has 0 aliphatic carbocycles. The largest absolute Gasteiger partial charge is 0.341 e. The Labute approximate surface area is 72.3 Å². The second-order valence-electron chi connectivity index (χ2n) is 2.59. The van der Waals surface area contributed by atoms with E-state index in [1.54, 1.807) is 0 Å². The number of halogens is 1. The summed E-state index contributed by atoms with van der Waals surface area (Å²) < 4.78 is 0. The minimum Gasteiger partial charge on any atom is -0.341 e. The van der Waals surface area contributed by atoms with Crippen molar-refractivity contribution in [1.82, 2.24) is 10.6 Å². The minimum atomic E-state index is 0. The van der Waals surface area contributed by atoms with Crippen LogP contribution in [0.4, 0.5) is 0 Å². The summed E-state index contributed by atoms with van der Waals surface area (Å²) in [5.41, 5.74) is 5.39. The predicted octanol–water partition coefficient (Wildman–Crippen LogP) is -0.809. The Bertz CT molecular complexity index is 142. The van der Waals surface area contributed by atoms with Crippen molar-refractivity contribution in [3.63, 3.8) is 0 Å². The van der Waals surface area contributed by atoms with Crippen LogP contribution in [0.2, 0.25) is 0 Å². The lowest BCUT2D eigenvalue weighted by Crippen LogP contribution is -2.56. The fraction of sp³-hybridized carbons (Fsp3) is 0.833. The molecule has 11 heavy (non-hydrogen) atoms. The minimum absolute atomic E-state index is 0. The molecule has 4 nitrogen and oxygen atoms in total. The van der Waals surface area contributed by atoms with E-state index in [1.807, 2.05) is 6.92 Å². The number of hydrogen-bond acceptors (Lipinski definition) is 3. The Kier molecular flexibility index (Phi) is 4.40. The summed E-state index contributed by atoms with van der Waals surface area (Å²) in [4.78, 5) is 10.8. The van der Waals surface area contributed by atoms with Crippen molar-refractivity contribution in [2.24, 2.45) is 5.73 Å². The predicted molar refractivity (Wildman–Crippen MR) is 45.4 cm³/mol. The van der Waals surface area contributed by atoms with Crippen LogP contribution in [0.5, 0.6) is 0 Å². The lowest BCUT2D eigenvalue weighted by molar-refractivity contribution is -0.124. The molecular weight excluding hydrogens is 166 g/mol. The SMILES string of the molecule is CC1NC(=O)CC(CN)N1.Cl. The van der Waals surface area contributed by atoms with E-state index < -0.39 is 0 Å². The van der Waals surface area contributed by atoms with Crippen molar-refractivity contribution in [1.29, 1.82) is 0 Å². The maximum atomic E-state index is 10.8. The van der Waals surface area contributed by atoms with Gasteiger partial charge in [0.1, 0.15) is 0 Å². The highest BCUT2D eigenvalue weighted by Gasteiger charge is 2.20. The summed E-state index contributed by atoms with van der Waals surface area (Å²) >= 11 is 0. The molecule has 1 aliphatic rings. The lowest BCUT2D eigenvalue weighted by Gasteiger charge is -2.28. The fourth-order valence-electron chi connectivity index (χ4n) is 1.13. The zero-order valence-corrected chi connectivity index (χ0v) is 7.28.